The van der Waals surface area contributed by atoms with Crippen LogP contribution in [0.4, 0.5) is 11.6 Å². The molecule has 2 atom stereocenters. The van der Waals surface area contributed by atoms with Gasteiger partial charge in [0.1, 0.15) is 11.6 Å². The van der Waals surface area contributed by atoms with Crippen LogP contribution in [-0.4, -0.2) is 41.8 Å². The van der Waals surface area contributed by atoms with E-state index < -0.39 is 0 Å². The maximum Gasteiger partial charge on any atom is 0.163 e. The number of nitrogens with one attached hydrogen (secondary N) is 1. The normalized spacial score (nSPS) is 22.8. The molecule has 1 N–H and O–H groups in total. The molecule has 0 bridgehead atoms. The lowest BCUT2D eigenvalue weighted by molar-refractivity contribution is 0.120. The molecule has 2 aromatic rings. The van der Waals surface area contributed by atoms with Crippen LogP contribution >= 0.6 is 0 Å². The molecule has 0 amide bonds. The third kappa shape index (κ3) is 4.41. The third-order valence-corrected chi connectivity index (χ3v) is 5.67. The summed E-state index contributed by atoms with van der Waals surface area (Å²) in [5.41, 5.74) is 1.06. The lowest BCUT2D eigenvalue weighted by atomic mass is 10.00. The van der Waals surface area contributed by atoms with Crippen molar-refractivity contribution in [3.05, 3.63) is 36.4 Å². The zero-order chi connectivity index (χ0) is 18.5. The fourth-order valence-electron chi connectivity index (χ4n) is 4.14. The van der Waals surface area contributed by atoms with Gasteiger partial charge >= 0.3 is 0 Å². The molecule has 0 aliphatic carbocycles. The van der Waals surface area contributed by atoms with Gasteiger partial charge < -0.3 is 15.0 Å². The van der Waals surface area contributed by atoms with E-state index >= 15 is 0 Å². The first-order valence-corrected chi connectivity index (χ1v) is 10.4. The summed E-state index contributed by atoms with van der Waals surface area (Å²) in [5.74, 6) is 2.74. The summed E-state index contributed by atoms with van der Waals surface area (Å²) in [4.78, 5) is 12.2. The Hall–Kier alpha value is -2.14. The van der Waals surface area contributed by atoms with E-state index in [4.69, 9.17) is 14.7 Å². The zero-order valence-corrected chi connectivity index (χ0v) is 16.2. The van der Waals surface area contributed by atoms with Gasteiger partial charge in [-0.25, -0.2) is 9.97 Å². The van der Waals surface area contributed by atoms with Gasteiger partial charge in [0, 0.05) is 37.4 Å². The summed E-state index contributed by atoms with van der Waals surface area (Å²) in [6.07, 6.45) is 7.53. The van der Waals surface area contributed by atoms with Gasteiger partial charge in [0.2, 0.25) is 0 Å². The first kappa shape index (κ1) is 18.2. The van der Waals surface area contributed by atoms with Gasteiger partial charge in [-0.3, -0.25) is 0 Å². The van der Waals surface area contributed by atoms with Crippen LogP contribution in [0.25, 0.3) is 11.4 Å². The fraction of sp³-hybridized carbons (Fsp3) is 0.545. The number of piperidine rings is 1. The largest absolute Gasteiger partial charge is 0.376 e. The number of rotatable bonds is 6. The van der Waals surface area contributed by atoms with Crippen molar-refractivity contribution < 1.29 is 4.74 Å². The second-order valence-corrected chi connectivity index (χ2v) is 7.57. The van der Waals surface area contributed by atoms with Gasteiger partial charge in [0.05, 0.1) is 6.10 Å². The van der Waals surface area contributed by atoms with Crippen LogP contribution < -0.4 is 10.2 Å². The smallest absolute Gasteiger partial charge is 0.163 e. The van der Waals surface area contributed by atoms with E-state index in [1.54, 1.807) is 0 Å². The molecule has 2 aliphatic rings. The van der Waals surface area contributed by atoms with Crippen LogP contribution in [0.1, 0.15) is 45.4 Å². The number of hydrogen-bond acceptors (Lipinski definition) is 5. The van der Waals surface area contributed by atoms with E-state index in [-0.39, 0.29) is 0 Å². The van der Waals surface area contributed by atoms with Crippen molar-refractivity contribution >= 4 is 11.6 Å². The maximum absolute atomic E-state index is 5.75. The number of benzene rings is 1. The lowest BCUT2D eigenvalue weighted by Gasteiger charge is -2.36. The van der Waals surface area contributed by atoms with Crippen molar-refractivity contribution in [2.24, 2.45) is 0 Å². The number of ether oxygens (including phenoxy) is 1. The summed E-state index contributed by atoms with van der Waals surface area (Å²) in [5, 5.41) is 3.51. The maximum atomic E-state index is 5.75. The Bertz CT molecular complexity index is 730. The van der Waals surface area contributed by atoms with Crippen LogP contribution in [0.5, 0.6) is 0 Å². The topological polar surface area (TPSA) is 50.3 Å². The fourth-order valence-corrected chi connectivity index (χ4v) is 4.14. The summed E-state index contributed by atoms with van der Waals surface area (Å²) in [6.45, 7) is 5.04. The van der Waals surface area contributed by atoms with Crippen LogP contribution in [0, 0.1) is 0 Å². The Morgan fingerprint density at radius 3 is 2.78 bits per heavy atom. The number of nitrogens with zero attached hydrogens (tertiary/aromatic N) is 3. The van der Waals surface area contributed by atoms with E-state index in [1.165, 1.54) is 19.3 Å². The highest BCUT2D eigenvalue weighted by Crippen LogP contribution is 2.29. The second kappa shape index (κ2) is 8.70. The van der Waals surface area contributed by atoms with E-state index in [9.17, 15) is 0 Å². The summed E-state index contributed by atoms with van der Waals surface area (Å²) >= 11 is 0. The molecule has 2 unspecified atom stereocenters. The van der Waals surface area contributed by atoms with Crippen LogP contribution in [0.15, 0.2) is 36.4 Å². The van der Waals surface area contributed by atoms with Crippen molar-refractivity contribution in [3.63, 3.8) is 0 Å². The zero-order valence-electron chi connectivity index (χ0n) is 16.2. The van der Waals surface area contributed by atoms with E-state index in [2.05, 4.69) is 35.3 Å². The van der Waals surface area contributed by atoms with Crippen molar-refractivity contribution in [1.29, 1.82) is 0 Å². The highest BCUT2D eigenvalue weighted by molar-refractivity contribution is 5.62. The molecule has 5 nitrogen and oxygen atoms in total. The molecule has 0 spiro atoms. The molecule has 5 heteroatoms. The molecule has 4 rings (SSSR count). The van der Waals surface area contributed by atoms with Crippen LogP contribution in [0.3, 0.4) is 0 Å². The minimum absolute atomic E-state index is 0.293. The highest BCUT2D eigenvalue weighted by Gasteiger charge is 2.23. The molecule has 0 saturated carbocycles. The van der Waals surface area contributed by atoms with E-state index in [1.807, 2.05) is 18.2 Å². The van der Waals surface area contributed by atoms with Crippen LogP contribution in [-0.2, 0) is 4.74 Å². The summed E-state index contributed by atoms with van der Waals surface area (Å²) in [7, 11) is 0. The third-order valence-electron chi connectivity index (χ3n) is 5.67. The van der Waals surface area contributed by atoms with Gasteiger partial charge in [0.25, 0.3) is 0 Å². The summed E-state index contributed by atoms with van der Waals surface area (Å²) in [6, 6.07) is 13.0. The SMILES string of the molecule is CCC1CCCCN1c1cc(NCC2CCCO2)nc(-c2ccccc2)n1. The van der Waals surface area contributed by atoms with Gasteiger partial charge in [-0.15, -0.1) is 0 Å². The Morgan fingerprint density at radius 2 is 2.00 bits per heavy atom. The van der Waals surface area contributed by atoms with Gasteiger partial charge in [-0.2, -0.15) is 0 Å². The van der Waals surface area contributed by atoms with E-state index in [0.717, 1.165) is 62.0 Å². The molecule has 2 saturated heterocycles. The van der Waals surface area contributed by atoms with Crippen molar-refractivity contribution in [2.75, 3.05) is 29.9 Å². The van der Waals surface area contributed by atoms with Crippen molar-refractivity contribution in [2.45, 2.75) is 57.6 Å². The lowest BCUT2D eigenvalue weighted by Crippen LogP contribution is -2.39. The quantitative estimate of drug-likeness (QED) is 0.815. The minimum Gasteiger partial charge on any atom is -0.376 e. The Morgan fingerprint density at radius 1 is 1.11 bits per heavy atom. The number of aromatic nitrogens is 2. The minimum atomic E-state index is 0.293. The Labute approximate surface area is 162 Å². The molecule has 1 aromatic carbocycles. The number of hydrogen-bond donors (Lipinski definition) is 1. The molecule has 2 fully saturated rings. The molecular formula is C22H30N4O. The Kier molecular flexibility index (Phi) is 5.87. The van der Waals surface area contributed by atoms with E-state index in [0.29, 0.717) is 12.1 Å². The molecular weight excluding hydrogens is 336 g/mol. The molecule has 144 valence electrons. The van der Waals surface area contributed by atoms with Gasteiger partial charge in [0.15, 0.2) is 5.82 Å². The molecule has 2 aliphatic heterocycles. The van der Waals surface area contributed by atoms with Gasteiger partial charge in [-0.05, 0) is 38.5 Å². The molecule has 27 heavy (non-hydrogen) atoms. The first-order valence-electron chi connectivity index (χ1n) is 10.4. The highest BCUT2D eigenvalue weighted by atomic mass is 16.5. The van der Waals surface area contributed by atoms with Gasteiger partial charge in [-0.1, -0.05) is 37.3 Å². The first-order chi connectivity index (χ1) is 13.3. The summed E-state index contributed by atoms with van der Waals surface area (Å²) < 4.78 is 5.75. The predicted molar refractivity (Wildman–Crippen MR) is 110 cm³/mol. The number of anilines is 2. The second-order valence-electron chi connectivity index (χ2n) is 7.57. The molecule has 0 radical (unpaired) electrons. The van der Waals surface area contributed by atoms with Crippen LogP contribution in [0.2, 0.25) is 0 Å². The standard InChI is InChI=1S/C22H30N4O/c1-2-18-11-6-7-13-26(18)21-15-20(23-16-19-12-8-14-27-19)24-22(25-21)17-9-4-3-5-10-17/h3-5,9-10,15,18-19H,2,6-8,11-14,16H2,1H3,(H,23,24,25). The predicted octanol–water partition coefficient (Wildman–Crippen LogP) is 4.50. The average molecular weight is 367 g/mol. The van der Waals surface area contributed by atoms with Crippen molar-refractivity contribution in [1.82, 2.24) is 9.97 Å². The molecule has 3 heterocycles. The Balaban J connectivity index is 1.63. The monoisotopic (exact) mass is 366 g/mol. The average Bonchev–Trinajstić information content (AvgIpc) is 3.26. The molecule has 1 aromatic heterocycles. The van der Waals surface area contributed by atoms with Crippen molar-refractivity contribution in [3.8, 4) is 11.4 Å².